The fraction of sp³-hybridized carbons (Fsp3) is 0.485. The predicted octanol–water partition coefficient (Wildman–Crippen LogP) is 1.72. The zero-order valence-electron chi connectivity index (χ0n) is 26.4. The first-order valence-electron chi connectivity index (χ1n) is 15.6. The topological polar surface area (TPSA) is 140 Å². The second kappa shape index (κ2) is 14.2. The number of halogens is 1. The van der Waals surface area contributed by atoms with Crippen molar-refractivity contribution in [2.24, 2.45) is 0 Å². The molecule has 1 saturated heterocycles. The summed E-state index contributed by atoms with van der Waals surface area (Å²) in [7, 11) is 2.96. The molecule has 3 N–H and O–H groups in total. The van der Waals surface area contributed by atoms with Gasteiger partial charge in [0.2, 0.25) is 23.6 Å². The van der Waals surface area contributed by atoms with Gasteiger partial charge in [-0.25, -0.2) is 4.39 Å². The summed E-state index contributed by atoms with van der Waals surface area (Å²) in [5.41, 5.74) is 2.18. The first-order chi connectivity index (χ1) is 22.0. The van der Waals surface area contributed by atoms with Gasteiger partial charge in [-0.15, -0.1) is 0 Å². The molecule has 12 nitrogen and oxygen atoms in total. The summed E-state index contributed by atoms with van der Waals surface area (Å²) >= 11 is 0. The molecule has 0 spiro atoms. The lowest BCUT2D eigenvalue weighted by Gasteiger charge is -2.28. The third-order valence-corrected chi connectivity index (χ3v) is 9.00. The molecule has 46 heavy (non-hydrogen) atoms. The average Bonchev–Trinajstić information content (AvgIpc) is 3.63. The zero-order valence-corrected chi connectivity index (χ0v) is 26.4. The maximum absolute atomic E-state index is 14.5. The molecular formula is C33H41FN6O6. The zero-order chi connectivity index (χ0) is 33.0. The smallest absolute Gasteiger partial charge is 0.258 e. The largest absolute Gasteiger partial charge is 0.491 e. The van der Waals surface area contributed by atoms with Crippen LogP contribution in [0, 0.1) is 5.82 Å². The second-order valence-corrected chi connectivity index (χ2v) is 12.2. The fourth-order valence-corrected chi connectivity index (χ4v) is 6.52. The number of nitrogens with zero attached hydrogens (tertiary/aromatic N) is 3. The minimum absolute atomic E-state index is 0.0122. The number of likely N-dealkylation sites (N-methyl/N-ethyl adjacent to an activating group) is 2. The van der Waals surface area contributed by atoms with Crippen LogP contribution in [0.1, 0.15) is 54.4 Å². The van der Waals surface area contributed by atoms with E-state index >= 15 is 0 Å². The molecule has 0 aliphatic carbocycles. The molecule has 3 aliphatic rings. The van der Waals surface area contributed by atoms with Gasteiger partial charge in [-0.1, -0.05) is 18.2 Å². The van der Waals surface area contributed by atoms with Crippen molar-refractivity contribution in [3.05, 3.63) is 59.4 Å². The number of ether oxygens (including phenoxy) is 1. The van der Waals surface area contributed by atoms with Crippen LogP contribution in [0.5, 0.6) is 5.75 Å². The standard InChI is InChI=1S/C33H41FN6O6/c1-20(41)37-23-15-24-19-46-29-10-8-22(34)14-26(29)33(45)39(3)28(9-11-30(42)38(2)18-31(43)40(24)17-23)32(44)35-13-12-21-16-36-27-7-5-4-6-25(21)27/h4-8,10,14,21,23-24,28,36H,9,11-13,15-19H2,1-3H3,(H,35,44)(H,37,41)/t21?,23-,24-,28-/m0/s1. The first-order valence-corrected chi connectivity index (χ1v) is 15.6. The molecule has 5 rings (SSSR count). The molecule has 3 aliphatic heterocycles. The maximum atomic E-state index is 14.5. The summed E-state index contributed by atoms with van der Waals surface area (Å²) in [4.78, 5) is 69.8. The molecule has 246 valence electrons. The molecule has 3 heterocycles. The molecule has 0 bridgehead atoms. The third-order valence-electron chi connectivity index (χ3n) is 9.00. The summed E-state index contributed by atoms with van der Waals surface area (Å²) in [6.45, 7) is 2.51. The van der Waals surface area contributed by atoms with Crippen LogP contribution in [0.15, 0.2) is 42.5 Å². The summed E-state index contributed by atoms with van der Waals surface area (Å²) in [6.07, 6.45) is 0.954. The molecule has 0 radical (unpaired) electrons. The van der Waals surface area contributed by atoms with Gasteiger partial charge in [0.05, 0.1) is 18.2 Å². The number of para-hydroxylation sites is 1. The Bertz CT molecular complexity index is 1500. The minimum Gasteiger partial charge on any atom is -0.491 e. The third kappa shape index (κ3) is 7.40. The van der Waals surface area contributed by atoms with Gasteiger partial charge in [0.1, 0.15) is 24.2 Å². The van der Waals surface area contributed by atoms with Crippen molar-refractivity contribution < 1.29 is 33.1 Å². The number of carbonyl (C=O) groups is 5. The van der Waals surface area contributed by atoms with Gasteiger partial charge < -0.3 is 35.4 Å². The summed E-state index contributed by atoms with van der Waals surface area (Å²) < 4.78 is 20.5. The minimum atomic E-state index is -1.04. The highest BCUT2D eigenvalue weighted by Gasteiger charge is 2.38. The van der Waals surface area contributed by atoms with Crippen molar-refractivity contribution >= 4 is 35.2 Å². The van der Waals surface area contributed by atoms with E-state index in [-0.39, 0.29) is 73.5 Å². The number of anilines is 1. The van der Waals surface area contributed by atoms with Crippen LogP contribution in [-0.4, -0.2) is 109 Å². The molecule has 1 unspecified atom stereocenters. The van der Waals surface area contributed by atoms with Crippen LogP contribution in [0.2, 0.25) is 0 Å². The lowest BCUT2D eigenvalue weighted by molar-refractivity contribution is -0.140. The number of benzene rings is 2. The van der Waals surface area contributed by atoms with E-state index in [1.165, 1.54) is 48.5 Å². The normalized spacial score (nSPS) is 23.7. The van der Waals surface area contributed by atoms with E-state index in [4.69, 9.17) is 4.74 Å². The molecule has 4 atom stereocenters. The summed E-state index contributed by atoms with van der Waals surface area (Å²) in [5.74, 6) is -2.35. The summed E-state index contributed by atoms with van der Waals surface area (Å²) in [5, 5.41) is 9.14. The Morgan fingerprint density at radius 1 is 1.09 bits per heavy atom. The number of nitrogens with one attached hydrogen (secondary N) is 3. The molecule has 1 fully saturated rings. The molecule has 0 aromatic heterocycles. The SMILES string of the molecule is CC(=O)N[C@H]1C[C@H]2COc3ccc(F)cc3C(=O)N(C)[C@H](C(=O)NCCC3CNc4ccccc43)CCC(=O)N(C)CC(=O)N2C1. The first kappa shape index (κ1) is 32.7. The van der Waals surface area contributed by atoms with Crippen molar-refractivity contribution in [2.45, 2.75) is 56.7 Å². The van der Waals surface area contributed by atoms with Gasteiger partial charge in [-0.2, -0.15) is 0 Å². The van der Waals surface area contributed by atoms with Crippen LogP contribution in [-0.2, 0) is 19.2 Å². The summed E-state index contributed by atoms with van der Waals surface area (Å²) in [6, 6.07) is 9.78. The van der Waals surface area contributed by atoms with E-state index in [0.29, 0.717) is 19.4 Å². The Morgan fingerprint density at radius 2 is 1.87 bits per heavy atom. The van der Waals surface area contributed by atoms with Crippen LogP contribution in [0.4, 0.5) is 10.1 Å². The van der Waals surface area contributed by atoms with Crippen molar-refractivity contribution in [3.63, 3.8) is 0 Å². The lowest BCUT2D eigenvalue weighted by Crippen LogP contribution is -2.49. The molecule has 5 amide bonds. The molecular weight excluding hydrogens is 595 g/mol. The lowest BCUT2D eigenvalue weighted by atomic mass is 9.98. The van der Waals surface area contributed by atoms with Crippen molar-refractivity contribution in [3.8, 4) is 5.75 Å². The maximum Gasteiger partial charge on any atom is 0.258 e. The van der Waals surface area contributed by atoms with Crippen molar-refractivity contribution in [1.82, 2.24) is 25.3 Å². The van der Waals surface area contributed by atoms with Crippen LogP contribution < -0.4 is 20.7 Å². The Balaban J connectivity index is 1.36. The fourth-order valence-electron chi connectivity index (χ4n) is 6.52. The van der Waals surface area contributed by atoms with Crippen molar-refractivity contribution in [1.29, 1.82) is 0 Å². The molecule has 2 aromatic carbocycles. The number of amides is 5. The van der Waals surface area contributed by atoms with Gasteiger partial charge in [0.25, 0.3) is 5.91 Å². The highest BCUT2D eigenvalue weighted by Crippen LogP contribution is 2.33. The van der Waals surface area contributed by atoms with Gasteiger partial charge in [0.15, 0.2) is 0 Å². The number of fused-ring (bicyclic) bond motifs is 3. The van der Waals surface area contributed by atoms with Crippen LogP contribution in [0.25, 0.3) is 0 Å². The quantitative estimate of drug-likeness (QED) is 0.454. The number of rotatable bonds is 5. The average molecular weight is 637 g/mol. The van der Waals surface area contributed by atoms with E-state index in [9.17, 15) is 28.4 Å². The van der Waals surface area contributed by atoms with E-state index in [2.05, 4.69) is 22.0 Å². The Kier molecular flexibility index (Phi) is 10.1. The van der Waals surface area contributed by atoms with Crippen LogP contribution >= 0.6 is 0 Å². The van der Waals surface area contributed by atoms with E-state index in [1.54, 1.807) is 4.90 Å². The van der Waals surface area contributed by atoms with E-state index < -0.39 is 29.7 Å². The molecule has 0 saturated carbocycles. The highest BCUT2D eigenvalue weighted by molar-refractivity contribution is 5.99. The van der Waals surface area contributed by atoms with Crippen molar-refractivity contribution in [2.75, 3.05) is 52.2 Å². The highest BCUT2D eigenvalue weighted by atomic mass is 19.1. The second-order valence-electron chi connectivity index (χ2n) is 12.2. The molecule has 13 heteroatoms. The van der Waals surface area contributed by atoms with E-state index in [1.807, 2.05) is 18.2 Å². The van der Waals surface area contributed by atoms with Crippen LogP contribution in [0.3, 0.4) is 0 Å². The van der Waals surface area contributed by atoms with Gasteiger partial charge >= 0.3 is 0 Å². The monoisotopic (exact) mass is 636 g/mol. The van der Waals surface area contributed by atoms with Gasteiger partial charge in [-0.05, 0) is 49.1 Å². The number of hydrogen-bond acceptors (Lipinski definition) is 7. The van der Waals surface area contributed by atoms with Gasteiger partial charge in [0, 0.05) is 64.7 Å². The Hall–Kier alpha value is -4.68. The molecule has 2 aromatic rings. The Labute approximate surface area is 267 Å². The predicted molar refractivity (Wildman–Crippen MR) is 168 cm³/mol. The van der Waals surface area contributed by atoms with E-state index in [0.717, 1.165) is 18.3 Å². The van der Waals surface area contributed by atoms with Gasteiger partial charge in [-0.3, -0.25) is 24.0 Å². The Morgan fingerprint density at radius 3 is 2.65 bits per heavy atom. The number of carbonyl (C=O) groups excluding carboxylic acids is 5. The number of hydrogen-bond donors (Lipinski definition) is 3.